The van der Waals surface area contributed by atoms with Crippen molar-refractivity contribution in [1.29, 1.82) is 0 Å². The number of fused-ring (bicyclic) bond motifs is 1. The summed E-state index contributed by atoms with van der Waals surface area (Å²) in [5.74, 6) is -13.5. The number of benzene rings is 2. The number of alkyl halides is 7. The van der Waals surface area contributed by atoms with E-state index >= 15 is 0 Å². The number of aliphatic hydroxyl groups is 1. The van der Waals surface area contributed by atoms with Crippen LogP contribution in [0.5, 0.6) is 11.5 Å². The third kappa shape index (κ3) is 4.23. The number of carbonyl (C=O) groups is 1. The molecule has 0 saturated carbocycles. The van der Waals surface area contributed by atoms with Crippen LogP contribution in [0.25, 0.3) is 0 Å². The largest absolute Gasteiger partial charge is 0.460 e. The van der Waals surface area contributed by atoms with Crippen LogP contribution in [0.1, 0.15) is 24.0 Å². The molecule has 2 aromatic carbocycles. The van der Waals surface area contributed by atoms with E-state index in [9.17, 15) is 40.6 Å². The van der Waals surface area contributed by atoms with Crippen molar-refractivity contribution in [2.24, 2.45) is 5.10 Å². The van der Waals surface area contributed by atoms with E-state index in [1.165, 1.54) is 42.5 Å². The third-order valence-corrected chi connectivity index (χ3v) is 5.97. The second-order valence-corrected chi connectivity index (χ2v) is 8.52. The van der Waals surface area contributed by atoms with Gasteiger partial charge < -0.3 is 14.6 Å². The molecule has 2 aliphatic rings. The van der Waals surface area contributed by atoms with Gasteiger partial charge in [-0.3, -0.25) is 4.79 Å². The van der Waals surface area contributed by atoms with Crippen LogP contribution in [0.3, 0.4) is 0 Å². The highest BCUT2D eigenvalue weighted by molar-refractivity contribution is 6.30. The molecular weight excluding hydrogens is 525 g/mol. The number of hydrazone groups is 1. The lowest BCUT2D eigenvalue weighted by Gasteiger charge is -2.41. The summed E-state index contributed by atoms with van der Waals surface area (Å²) in [5.41, 5.74) is -4.39. The van der Waals surface area contributed by atoms with Gasteiger partial charge in [0.25, 0.3) is 0 Å². The molecule has 194 valence electrons. The summed E-state index contributed by atoms with van der Waals surface area (Å²) in [6.45, 7) is -0.0385. The van der Waals surface area contributed by atoms with Gasteiger partial charge in [-0.1, -0.05) is 29.8 Å². The van der Waals surface area contributed by atoms with E-state index in [2.05, 4.69) is 5.10 Å². The molecule has 6 nitrogen and oxygen atoms in total. The van der Waals surface area contributed by atoms with Crippen LogP contribution in [0.4, 0.5) is 30.7 Å². The van der Waals surface area contributed by atoms with Crippen LogP contribution < -0.4 is 9.47 Å². The third-order valence-electron chi connectivity index (χ3n) is 5.72. The summed E-state index contributed by atoms with van der Waals surface area (Å²) in [6, 6.07) is 9.54. The topological polar surface area (TPSA) is 71.4 Å². The van der Waals surface area contributed by atoms with E-state index in [0.717, 1.165) is 0 Å². The highest BCUT2D eigenvalue weighted by atomic mass is 35.5. The first-order valence-electron chi connectivity index (χ1n) is 10.3. The highest BCUT2D eigenvalue weighted by Crippen LogP contribution is 2.54. The van der Waals surface area contributed by atoms with Crippen molar-refractivity contribution in [3.8, 4) is 11.5 Å². The average Bonchev–Trinajstić information content (AvgIpc) is 3.42. The van der Waals surface area contributed by atoms with Crippen LogP contribution >= 0.6 is 11.6 Å². The standard InChI is InChI=1S/C22H16ClF7N2O4/c23-14-5-3-13(4-6-14)15-10-19(34,20(24,25)21(26,27)22(28,29)30)32(31-15)18(33)8-2-12-1-7-16-17(9-12)36-11-35-16/h1,3-7,9,34H,2,8,10-11H2/t19-/m1/s1. The van der Waals surface area contributed by atoms with Crippen molar-refractivity contribution in [3.05, 3.63) is 58.6 Å². The summed E-state index contributed by atoms with van der Waals surface area (Å²) >= 11 is 5.76. The first-order chi connectivity index (χ1) is 16.7. The van der Waals surface area contributed by atoms with Crippen molar-refractivity contribution in [3.63, 3.8) is 0 Å². The molecule has 2 heterocycles. The molecule has 0 unspecified atom stereocenters. The predicted molar refractivity (Wildman–Crippen MR) is 111 cm³/mol. The van der Waals surface area contributed by atoms with Crippen LogP contribution in [0, 0.1) is 0 Å². The Morgan fingerprint density at radius 1 is 1.03 bits per heavy atom. The molecule has 2 aliphatic heterocycles. The molecule has 1 N–H and O–H groups in total. The zero-order valence-electron chi connectivity index (χ0n) is 18.0. The molecule has 0 fully saturated rings. The molecule has 1 amide bonds. The van der Waals surface area contributed by atoms with Gasteiger partial charge in [0.05, 0.1) is 5.71 Å². The lowest BCUT2D eigenvalue weighted by Crippen LogP contribution is -2.69. The van der Waals surface area contributed by atoms with E-state index in [1.807, 2.05) is 0 Å². The Balaban J connectivity index is 1.66. The van der Waals surface area contributed by atoms with Gasteiger partial charge >= 0.3 is 18.0 Å². The number of nitrogens with zero attached hydrogens (tertiary/aromatic N) is 2. The molecule has 2 aromatic rings. The summed E-state index contributed by atoms with van der Waals surface area (Å²) in [5, 5.41) is 14.0. The number of hydrogen-bond acceptors (Lipinski definition) is 5. The number of hydrogen-bond donors (Lipinski definition) is 1. The van der Waals surface area contributed by atoms with Gasteiger partial charge in [-0.15, -0.1) is 0 Å². The van der Waals surface area contributed by atoms with Gasteiger partial charge in [-0.2, -0.15) is 40.8 Å². The minimum atomic E-state index is -6.73. The molecule has 0 radical (unpaired) electrons. The molecule has 0 aliphatic carbocycles. The fourth-order valence-corrected chi connectivity index (χ4v) is 3.86. The molecule has 4 rings (SSSR count). The molecule has 0 bridgehead atoms. The molecule has 0 spiro atoms. The molecule has 0 saturated heterocycles. The molecule has 36 heavy (non-hydrogen) atoms. The van der Waals surface area contributed by atoms with Crippen molar-refractivity contribution in [2.45, 2.75) is 43.0 Å². The summed E-state index contributed by atoms with van der Waals surface area (Å²) in [7, 11) is 0. The minimum absolute atomic E-state index is 0.0185. The predicted octanol–water partition coefficient (Wildman–Crippen LogP) is 5.16. The Morgan fingerprint density at radius 3 is 2.31 bits per heavy atom. The van der Waals surface area contributed by atoms with E-state index in [1.54, 1.807) is 0 Å². The van der Waals surface area contributed by atoms with Crippen LogP contribution in [0.15, 0.2) is 47.6 Å². The molecule has 0 aromatic heterocycles. The maximum absolute atomic E-state index is 14.8. The Labute approximate surface area is 203 Å². The average molecular weight is 541 g/mol. The Hall–Kier alpha value is -3.06. The zero-order valence-corrected chi connectivity index (χ0v) is 18.7. The van der Waals surface area contributed by atoms with Gasteiger partial charge in [0.2, 0.25) is 18.4 Å². The van der Waals surface area contributed by atoms with E-state index < -0.39 is 48.2 Å². The van der Waals surface area contributed by atoms with Crippen LogP contribution in [-0.4, -0.2) is 52.3 Å². The number of aryl methyl sites for hydroxylation is 1. The quantitative estimate of drug-likeness (QED) is 0.514. The number of amides is 1. The Bertz CT molecular complexity index is 1200. The number of carbonyl (C=O) groups excluding carboxylic acids is 1. The van der Waals surface area contributed by atoms with Gasteiger partial charge in [0, 0.05) is 17.9 Å². The number of halogens is 8. The normalized spacial score (nSPS) is 20.0. The summed E-state index contributed by atoms with van der Waals surface area (Å²) in [6.07, 6.45) is -9.04. The SMILES string of the molecule is O=C(CCc1ccc2c(c1)OCO2)N1N=C(c2ccc(Cl)cc2)C[C@@]1(O)C(F)(F)C(F)(F)C(F)(F)F. The monoisotopic (exact) mass is 540 g/mol. The van der Waals surface area contributed by atoms with E-state index in [4.69, 9.17) is 21.1 Å². The Morgan fingerprint density at radius 2 is 1.67 bits per heavy atom. The smallest absolute Gasteiger partial charge is 0.454 e. The van der Waals surface area contributed by atoms with Crippen molar-refractivity contribution in [1.82, 2.24) is 5.01 Å². The van der Waals surface area contributed by atoms with Gasteiger partial charge in [-0.05, 0) is 41.8 Å². The fourth-order valence-electron chi connectivity index (χ4n) is 3.74. The van der Waals surface area contributed by atoms with Gasteiger partial charge in [-0.25, -0.2) is 0 Å². The van der Waals surface area contributed by atoms with E-state index in [-0.39, 0.29) is 28.8 Å². The second-order valence-electron chi connectivity index (χ2n) is 8.09. The van der Waals surface area contributed by atoms with Crippen LogP contribution in [0.2, 0.25) is 5.02 Å². The number of rotatable bonds is 6. The first kappa shape index (κ1) is 26.0. The zero-order chi connectivity index (χ0) is 26.5. The van der Waals surface area contributed by atoms with E-state index in [0.29, 0.717) is 17.1 Å². The first-order valence-corrected chi connectivity index (χ1v) is 10.6. The van der Waals surface area contributed by atoms with Gasteiger partial charge in [0.1, 0.15) is 0 Å². The fraction of sp³-hybridized carbons (Fsp3) is 0.364. The summed E-state index contributed by atoms with van der Waals surface area (Å²) in [4.78, 5) is 12.8. The van der Waals surface area contributed by atoms with Crippen molar-refractivity contribution >= 4 is 23.2 Å². The second kappa shape index (κ2) is 8.80. The van der Waals surface area contributed by atoms with Crippen LogP contribution in [-0.2, 0) is 11.2 Å². The van der Waals surface area contributed by atoms with Gasteiger partial charge in [0.15, 0.2) is 11.5 Å². The number of ether oxygens (including phenoxy) is 2. The van der Waals surface area contributed by atoms with Crippen molar-refractivity contribution in [2.75, 3.05) is 6.79 Å². The maximum atomic E-state index is 14.8. The lowest BCUT2D eigenvalue weighted by atomic mass is 9.91. The molecule has 1 atom stereocenters. The van der Waals surface area contributed by atoms with Crippen molar-refractivity contribution < 1.29 is 50.1 Å². The minimum Gasteiger partial charge on any atom is -0.454 e. The maximum Gasteiger partial charge on any atom is 0.460 e. The highest BCUT2D eigenvalue weighted by Gasteiger charge is 2.82. The Kier molecular flexibility index (Phi) is 6.36. The molecule has 14 heteroatoms. The summed E-state index contributed by atoms with van der Waals surface area (Å²) < 4.78 is 107. The molecular formula is C22H16ClF7N2O4. The lowest BCUT2D eigenvalue weighted by molar-refractivity contribution is -0.401.